The van der Waals surface area contributed by atoms with Crippen molar-refractivity contribution in [3.05, 3.63) is 23.8 Å². The van der Waals surface area contributed by atoms with Crippen molar-refractivity contribution in [3.63, 3.8) is 0 Å². The van der Waals surface area contributed by atoms with Gasteiger partial charge in [-0.05, 0) is 30.7 Å². The Balaban J connectivity index is 2.09. The van der Waals surface area contributed by atoms with Crippen molar-refractivity contribution in [3.8, 4) is 11.8 Å². The summed E-state index contributed by atoms with van der Waals surface area (Å²) in [7, 11) is 1.53. The number of rotatable bonds is 3. The van der Waals surface area contributed by atoms with Gasteiger partial charge < -0.3 is 10.1 Å². The molecule has 1 aromatic rings. The van der Waals surface area contributed by atoms with Crippen molar-refractivity contribution in [2.45, 2.75) is 24.5 Å². The molecule has 1 fully saturated rings. The lowest BCUT2D eigenvalue weighted by Gasteiger charge is -2.21. The highest BCUT2D eigenvalue weighted by Crippen LogP contribution is 2.29. The molecule has 19 heavy (non-hydrogen) atoms. The topological polar surface area (TPSA) is 62.1 Å². The number of nitrogens with one attached hydrogen (secondary N) is 1. The molecule has 1 aliphatic heterocycles. The number of amides is 1. The Labute approximate surface area is 117 Å². The number of ether oxygens (including phenoxy) is 1. The first-order valence-electron chi connectivity index (χ1n) is 6.25. The van der Waals surface area contributed by atoms with Crippen LogP contribution in [0, 0.1) is 11.3 Å². The Morgan fingerprint density at radius 2 is 2.37 bits per heavy atom. The summed E-state index contributed by atoms with van der Waals surface area (Å²) in [4.78, 5) is 12.1. The van der Waals surface area contributed by atoms with Gasteiger partial charge >= 0.3 is 0 Å². The Bertz CT molecular complexity index is 505. The molecule has 5 heteroatoms. The Kier molecular flexibility index (Phi) is 4.69. The lowest BCUT2D eigenvalue weighted by molar-refractivity contribution is -0.115. The van der Waals surface area contributed by atoms with Crippen LogP contribution in [0.15, 0.2) is 18.2 Å². The van der Waals surface area contributed by atoms with Crippen molar-refractivity contribution >= 4 is 23.4 Å². The van der Waals surface area contributed by atoms with Gasteiger partial charge in [-0.2, -0.15) is 5.26 Å². The molecule has 0 radical (unpaired) electrons. The average Bonchev–Trinajstić information content (AvgIpc) is 2.48. The molecule has 1 saturated heterocycles. The highest BCUT2D eigenvalue weighted by atomic mass is 32.2. The first-order chi connectivity index (χ1) is 9.24. The van der Waals surface area contributed by atoms with Gasteiger partial charge in [0.05, 0.1) is 29.7 Å². The number of methoxy groups -OCH3 is 1. The SMILES string of the molecule is COc1cc(C#N)ccc1NC(=O)C1CCCCS1. The van der Waals surface area contributed by atoms with E-state index in [0.29, 0.717) is 17.0 Å². The first kappa shape index (κ1) is 13.8. The van der Waals surface area contributed by atoms with Crippen LogP contribution in [0.2, 0.25) is 0 Å². The third-order valence-electron chi connectivity index (χ3n) is 3.06. The van der Waals surface area contributed by atoms with E-state index in [1.807, 2.05) is 6.07 Å². The lowest BCUT2D eigenvalue weighted by atomic mass is 10.1. The van der Waals surface area contributed by atoms with E-state index in [2.05, 4.69) is 5.32 Å². The summed E-state index contributed by atoms with van der Waals surface area (Å²) in [6.45, 7) is 0. The second-order valence-electron chi connectivity index (χ2n) is 4.37. The normalized spacial score (nSPS) is 18.4. The highest BCUT2D eigenvalue weighted by Gasteiger charge is 2.22. The highest BCUT2D eigenvalue weighted by molar-refractivity contribution is 8.00. The van der Waals surface area contributed by atoms with E-state index in [-0.39, 0.29) is 11.2 Å². The fraction of sp³-hybridized carbons (Fsp3) is 0.429. The maximum Gasteiger partial charge on any atom is 0.237 e. The number of carbonyl (C=O) groups is 1. The second-order valence-corrected chi connectivity index (χ2v) is 5.68. The molecule has 0 bridgehead atoms. The number of benzene rings is 1. The zero-order chi connectivity index (χ0) is 13.7. The molecule has 1 aliphatic rings. The maximum atomic E-state index is 12.1. The summed E-state index contributed by atoms with van der Waals surface area (Å²) >= 11 is 1.71. The van der Waals surface area contributed by atoms with E-state index in [1.54, 1.807) is 30.0 Å². The van der Waals surface area contributed by atoms with Crippen molar-refractivity contribution in [1.82, 2.24) is 0 Å². The van der Waals surface area contributed by atoms with Gasteiger partial charge in [-0.1, -0.05) is 6.42 Å². The maximum absolute atomic E-state index is 12.1. The van der Waals surface area contributed by atoms with Crippen molar-refractivity contribution < 1.29 is 9.53 Å². The molecule has 4 nitrogen and oxygen atoms in total. The molecule has 0 aliphatic carbocycles. The van der Waals surface area contributed by atoms with Gasteiger partial charge in [-0.25, -0.2) is 0 Å². The molecule has 0 saturated carbocycles. The minimum absolute atomic E-state index is 0.0210. The van der Waals surface area contributed by atoms with Gasteiger partial charge in [0.15, 0.2) is 0 Å². The summed E-state index contributed by atoms with van der Waals surface area (Å²) in [6.07, 6.45) is 3.22. The van der Waals surface area contributed by atoms with Crippen LogP contribution in [0.3, 0.4) is 0 Å². The molecule has 100 valence electrons. The van der Waals surface area contributed by atoms with Crippen LogP contribution in [0.25, 0.3) is 0 Å². The third kappa shape index (κ3) is 3.42. The van der Waals surface area contributed by atoms with Gasteiger partial charge in [0.2, 0.25) is 5.91 Å². The van der Waals surface area contributed by atoms with E-state index in [9.17, 15) is 4.79 Å². The largest absolute Gasteiger partial charge is 0.495 e. The Morgan fingerprint density at radius 1 is 1.53 bits per heavy atom. The van der Waals surface area contributed by atoms with E-state index in [1.165, 1.54) is 13.5 Å². The summed E-state index contributed by atoms with van der Waals surface area (Å²) in [5.74, 6) is 1.59. The van der Waals surface area contributed by atoms with E-state index in [0.717, 1.165) is 18.6 Å². The molecule has 1 amide bonds. The van der Waals surface area contributed by atoms with Gasteiger partial charge in [0.25, 0.3) is 0 Å². The van der Waals surface area contributed by atoms with Gasteiger partial charge in [-0.3, -0.25) is 4.79 Å². The zero-order valence-electron chi connectivity index (χ0n) is 10.8. The number of anilines is 1. The minimum Gasteiger partial charge on any atom is -0.495 e. The number of thioether (sulfide) groups is 1. The van der Waals surface area contributed by atoms with Crippen LogP contribution in [0.1, 0.15) is 24.8 Å². The van der Waals surface area contributed by atoms with Gasteiger partial charge in [0, 0.05) is 6.07 Å². The number of nitrogens with zero attached hydrogens (tertiary/aromatic N) is 1. The average molecular weight is 276 g/mol. The van der Waals surface area contributed by atoms with Gasteiger partial charge in [0.1, 0.15) is 5.75 Å². The molecule has 1 heterocycles. The third-order valence-corrected chi connectivity index (χ3v) is 4.44. The van der Waals surface area contributed by atoms with Crippen molar-refractivity contribution in [1.29, 1.82) is 5.26 Å². The first-order valence-corrected chi connectivity index (χ1v) is 7.30. The standard InChI is InChI=1S/C14H16N2O2S/c1-18-12-8-10(9-15)5-6-11(12)16-14(17)13-4-2-3-7-19-13/h5-6,8,13H,2-4,7H2,1H3,(H,16,17). The fourth-order valence-electron chi connectivity index (χ4n) is 2.02. The summed E-state index contributed by atoms with van der Waals surface area (Å²) in [5.41, 5.74) is 1.14. The van der Waals surface area contributed by atoms with Crippen LogP contribution in [-0.4, -0.2) is 24.0 Å². The van der Waals surface area contributed by atoms with Crippen LogP contribution < -0.4 is 10.1 Å². The monoisotopic (exact) mass is 276 g/mol. The van der Waals surface area contributed by atoms with Crippen LogP contribution in [0.5, 0.6) is 5.75 Å². The van der Waals surface area contributed by atoms with E-state index < -0.39 is 0 Å². The van der Waals surface area contributed by atoms with Crippen LogP contribution in [0.4, 0.5) is 5.69 Å². The van der Waals surface area contributed by atoms with Crippen LogP contribution in [-0.2, 0) is 4.79 Å². The predicted molar refractivity (Wildman–Crippen MR) is 76.4 cm³/mol. The molecule has 0 spiro atoms. The molecule has 2 rings (SSSR count). The summed E-state index contributed by atoms with van der Waals surface area (Å²) in [5, 5.41) is 11.7. The summed E-state index contributed by atoms with van der Waals surface area (Å²) in [6, 6.07) is 7.06. The Morgan fingerprint density at radius 3 is 3.00 bits per heavy atom. The number of hydrogen-bond acceptors (Lipinski definition) is 4. The van der Waals surface area contributed by atoms with Crippen molar-refractivity contribution in [2.75, 3.05) is 18.2 Å². The van der Waals surface area contributed by atoms with E-state index in [4.69, 9.17) is 10.00 Å². The molecule has 1 aromatic carbocycles. The number of carbonyl (C=O) groups excluding carboxylic acids is 1. The molecule has 0 aromatic heterocycles. The molecule has 1 atom stereocenters. The molecular weight excluding hydrogens is 260 g/mol. The lowest BCUT2D eigenvalue weighted by Crippen LogP contribution is -2.27. The van der Waals surface area contributed by atoms with Crippen LogP contribution >= 0.6 is 11.8 Å². The van der Waals surface area contributed by atoms with Gasteiger partial charge in [-0.15, -0.1) is 11.8 Å². The number of hydrogen-bond donors (Lipinski definition) is 1. The fourth-order valence-corrected chi connectivity index (χ4v) is 3.22. The van der Waals surface area contributed by atoms with E-state index >= 15 is 0 Å². The molecular formula is C14H16N2O2S. The number of nitriles is 1. The quantitative estimate of drug-likeness (QED) is 0.922. The predicted octanol–water partition coefficient (Wildman–Crippen LogP) is 2.79. The summed E-state index contributed by atoms with van der Waals surface area (Å²) < 4.78 is 5.20. The minimum atomic E-state index is 0.0210. The molecule has 1 N–H and O–H groups in total. The smallest absolute Gasteiger partial charge is 0.237 e. The molecule has 1 unspecified atom stereocenters. The Hall–Kier alpha value is -1.67. The van der Waals surface area contributed by atoms with Crippen molar-refractivity contribution in [2.24, 2.45) is 0 Å². The second kappa shape index (κ2) is 6.48. The zero-order valence-corrected chi connectivity index (χ0v) is 11.6.